The van der Waals surface area contributed by atoms with Gasteiger partial charge in [-0.05, 0) is 32.9 Å². The summed E-state index contributed by atoms with van der Waals surface area (Å²) in [5.74, 6) is 0. The average molecular weight is 296 g/mol. The van der Waals surface area contributed by atoms with Crippen molar-refractivity contribution in [3.8, 4) is 0 Å². The van der Waals surface area contributed by atoms with Gasteiger partial charge in [0.15, 0.2) is 0 Å². The van der Waals surface area contributed by atoms with Crippen LogP contribution in [0.2, 0.25) is 5.15 Å². The molecule has 0 aliphatic carbocycles. The molecule has 2 rings (SSSR count). The highest BCUT2D eigenvalue weighted by molar-refractivity contribution is 6.30. The highest BCUT2D eigenvalue weighted by Gasteiger charge is 2.20. The summed E-state index contributed by atoms with van der Waals surface area (Å²) in [4.78, 5) is 0. The minimum Gasteiger partial charge on any atom is -0.309 e. The van der Waals surface area contributed by atoms with E-state index in [-0.39, 0.29) is 6.04 Å². The smallest absolute Gasteiger partial charge is 0.130 e. The molecule has 1 atom stereocenters. The van der Waals surface area contributed by atoms with Crippen molar-refractivity contribution in [2.24, 2.45) is 14.1 Å². The largest absolute Gasteiger partial charge is 0.309 e. The molecule has 1 N–H and O–H groups in total. The van der Waals surface area contributed by atoms with Gasteiger partial charge in [0.25, 0.3) is 0 Å². The maximum absolute atomic E-state index is 6.34. The minimum atomic E-state index is 0.187. The molecule has 0 saturated carbocycles. The summed E-state index contributed by atoms with van der Waals surface area (Å²) < 4.78 is 3.66. The summed E-state index contributed by atoms with van der Waals surface area (Å²) >= 11 is 6.34. The number of nitrogens with zero attached hydrogens (tertiary/aromatic N) is 4. The zero-order valence-corrected chi connectivity index (χ0v) is 13.5. The van der Waals surface area contributed by atoms with E-state index in [4.69, 9.17) is 11.6 Å². The van der Waals surface area contributed by atoms with Crippen LogP contribution in [0.25, 0.3) is 0 Å². The maximum atomic E-state index is 6.34. The van der Waals surface area contributed by atoms with Gasteiger partial charge in [0.05, 0.1) is 23.1 Å². The first-order chi connectivity index (χ1) is 9.43. The summed E-state index contributed by atoms with van der Waals surface area (Å²) in [6.07, 6.45) is 0.811. The number of aryl methyl sites for hydroxylation is 4. The molecule has 0 aliphatic rings. The summed E-state index contributed by atoms with van der Waals surface area (Å²) in [5, 5.41) is 13.0. The molecule has 0 aromatic carbocycles. The number of halogens is 1. The third-order valence-electron chi connectivity index (χ3n) is 3.52. The van der Waals surface area contributed by atoms with Gasteiger partial charge in [0, 0.05) is 19.7 Å². The quantitative estimate of drug-likeness (QED) is 0.921. The van der Waals surface area contributed by atoms with Crippen LogP contribution >= 0.6 is 11.6 Å². The Kier molecular flexibility index (Phi) is 4.50. The van der Waals surface area contributed by atoms with Gasteiger partial charge in [-0.2, -0.15) is 10.2 Å². The molecule has 0 aliphatic heterocycles. The second kappa shape index (κ2) is 5.97. The van der Waals surface area contributed by atoms with E-state index in [2.05, 4.69) is 28.5 Å². The Bertz CT molecular complexity index is 599. The fourth-order valence-electron chi connectivity index (χ4n) is 2.59. The summed E-state index contributed by atoms with van der Waals surface area (Å²) in [6, 6.07) is 2.30. The lowest BCUT2D eigenvalue weighted by atomic mass is 10.0. The molecule has 110 valence electrons. The topological polar surface area (TPSA) is 47.7 Å². The number of nitrogens with one attached hydrogen (secondary N) is 1. The SMILES string of the molecule is CCNC(Cc1c(C)nn(C)c1Cl)c1cc(C)nn1C. The van der Waals surface area contributed by atoms with Crippen LogP contribution in [0.1, 0.15) is 35.6 Å². The molecular formula is C14H22ClN5. The van der Waals surface area contributed by atoms with Crippen LogP contribution in [0.5, 0.6) is 0 Å². The third kappa shape index (κ3) is 2.88. The molecule has 0 spiro atoms. The molecule has 0 saturated heterocycles. The van der Waals surface area contributed by atoms with Crippen molar-refractivity contribution in [3.05, 3.63) is 33.9 Å². The van der Waals surface area contributed by atoms with E-state index >= 15 is 0 Å². The highest BCUT2D eigenvalue weighted by Crippen LogP contribution is 2.26. The zero-order chi connectivity index (χ0) is 14.9. The van der Waals surface area contributed by atoms with Gasteiger partial charge in [-0.1, -0.05) is 18.5 Å². The van der Waals surface area contributed by atoms with Crippen LogP contribution < -0.4 is 5.32 Å². The summed E-state index contributed by atoms with van der Waals surface area (Å²) in [7, 11) is 3.85. The first-order valence-electron chi connectivity index (χ1n) is 6.85. The van der Waals surface area contributed by atoms with E-state index < -0.39 is 0 Å². The summed E-state index contributed by atoms with van der Waals surface area (Å²) in [6.45, 7) is 7.01. The molecule has 6 heteroatoms. The molecule has 0 radical (unpaired) electrons. The number of hydrogen-bond acceptors (Lipinski definition) is 3. The molecule has 2 heterocycles. The molecule has 0 amide bonds. The Hall–Kier alpha value is -1.33. The van der Waals surface area contributed by atoms with E-state index in [0.29, 0.717) is 5.15 Å². The normalized spacial score (nSPS) is 12.9. The molecule has 5 nitrogen and oxygen atoms in total. The Morgan fingerprint density at radius 3 is 2.40 bits per heavy atom. The molecule has 20 heavy (non-hydrogen) atoms. The Morgan fingerprint density at radius 1 is 1.25 bits per heavy atom. The van der Waals surface area contributed by atoms with Crippen molar-refractivity contribution < 1.29 is 0 Å². The first-order valence-corrected chi connectivity index (χ1v) is 7.23. The second-order valence-electron chi connectivity index (χ2n) is 5.13. The molecule has 0 fully saturated rings. The number of rotatable bonds is 5. The number of aromatic nitrogens is 4. The number of likely N-dealkylation sites (N-methyl/N-ethyl adjacent to an activating group) is 1. The fourth-order valence-corrected chi connectivity index (χ4v) is 2.85. The average Bonchev–Trinajstić information content (AvgIpc) is 2.82. The van der Waals surface area contributed by atoms with Crippen molar-refractivity contribution in [2.75, 3.05) is 6.54 Å². The van der Waals surface area contributed by atoms with Gasteiger partial charge in [-0.25, -0.2) is 0 Å². The highest BCUT2D eigenvalue weighted by atomic mass is 35.5. The van der Waals surface area contributed by atoms with Crippen molar-refractivity contribution in [2.45, 2.75) is 33.2 Å². The van der Waals surface area contributed by atoms with Crippen molar-refractivity contribution >= 4 is 11.6 Å². The predicted molar refractivity (Wildman–Crippen MR) is 81.0 cm³/mol. The van der Waals surface area contributed by atoms with Crippen molar-refractivity contribution in [3.63, 3.8) is 0 Å². The minimum absolute atomic E-state index is 0.187. The molecule has 2 aromatic heterocycles. The van der Waals surface area contributed by atoms with Crippen molar-refractivity contribution in [1.82, 2.24) is 24.9 Å². The van der Waals surface area contributed by atoms with Gasteiger partial charge in [0.1, 0.15) is 5.15 Å². The first kappa shape index (κ1) is 15.1. The van der Waals surface area contributed by atoms with E-state index in [9.17, 15) is 0 Å². The van der Waals surface area contributed by atoms with Gasteiger partial charge >= 0.3 is 0 Å². The lowest BCUT2D eigenvalue weighted by Gasteiger charge is -2.18. The third-order valence-corrected chi connectivity index (χ3v) is 4.00. The lowest BCUT2D eigenvalue weighted by Crippen LogP contribution is -2.25. The standard InChI is InChI=1S/C14H22ClN5/c1-6-16-12(13-7-9(2)17-19(13)4)8-11-10(3)18-20(5)14(11)15/h7,12,16H,6,8H2,1-5H3. The van der Waals surface area contributed by atoms with Crippen LogP contribution in [-0.2, 0) is 20.5 Å². The fraction of sp³-hybridized carbons (Fsp3) is 0.571. The van der Waals surface area contributed by atoms with Crippen molar-refractivity contribution in [1.29, 1.82) is 0 Å². The van der Waals surface area contributed by atoms with Gasteiger partial charge in [-0.15, -0.1) is 0 Å². The van der Waals surface area contributed by atoms with Crippen LogP contribution in [0.4, 0.5) is 0 Å². The Labute approximate surface area is 124 Å². The van der Waals surface area contributed by atoms with Crippen LogP contribution in [-0.4, -0.2) is 26.1 Å². The second-order valence-corrected chi connectivity index (χ2v) is 5.48. The Morgan fingerprint density at radius 2 is 1.95 bits per heavy atom. The van der Waals surface area contributed by atoms with E-state index in [0.717, 1.165) is 29.9 Å². The van der Waals surface area contributed by atoms with Crippen LogP contribution in [0.3, 0.4) is 0 Å². The maximum Gasteiger partial charge on any atom is 0.130 e. The van der Waals surface area contributed by atoms with E-state index in [1.807, 2.05) is 32.6 Å². The van der Waals surface area contributed by atoms with Gasteiger partial charge in [-0.3, -0.25) is 9.36 Å². The predicted octanol–water partition coefficient (Wildman–Crippen LogP) is 2.32. The van der Waals surface area contributed by atoms with Crippen LogP contribution in [0.15, 0.2) is 6.07 Å². The Balaban J connectivity index is 2.32. The molecule has 0 bridgehead atoms. The lowest BCUT2D eigenvalue weighted by molar-refractivity contribution is 0.507. The molecule has 1 unspecified atom stereocenters. The molecule has 2 aromatic rings. The molecular weight excluding hydrogens is 274 g/mol. The van der Waals surface area contributed by atoms with E-state index in [1.165, 1.54) is 5.69 Å². The zero-order valence-electron chi connectivity index (χ0n) is 12.7. The van der Waals surface area contributed by atoms with Gasteiger partial charge in [0.2, 0.25) is 0 Å². The monoisotopic (exact) mass is 295 g/mol. The van der Waals surface area contributed by atoms with Gasteiger partial charge < -0.3 is 5.32 Å². The van der Waals surface area contributed by atoms with E-state index in [1.54, 1.807) is 4.68 Å². The summed E-state index contributed by atoms with van der Waals surface area (Å²) in [5.41, 5.74) is 4.28. The van der Waals surface area contributed by atoms with Crippen LogP contribution in [0, 0.1) is 13.8 Å². The number of hydrogen-bond donors (Lipinski definition) is 1.